The van der Waals surface area contributed by atoms with Gasteiger partial charge >= 0.3 is 0 Å². The molecule has 3 rings (SSSR count). The van der Waals surface area contributed by atoms with E-state index >= 15 is 0 Å². The number of nitrogens with zero attached hydrogens (tertiary/aromatic N) is 1. The first kappa shape index (κ1) is 25.9. The van der Waals surface area contributed by atoms with Crippen molar-refractivity contribution in [3.63, 3.8) is 0 Å². The molecule has 0 aliphatic rings. The van der Waals surface area contributed by atoms with Gasteiger partial charge in [0.2, 0.25) is 0 Å². The molecule has 0 aliphatic heterocycles. The van der Waals surface area contributed by atoms with E-state index in [1.54, 1.807) is 30.3 Å². The van der Waals surface area contributed by atoms with Crippen LogP contribution in [0.1, 0.15) is 23.1 Å². The largest absolute Gasteiger partial charge is 0.486 e. The monoisotopic (exact) mass is 532 g/mol. The van der Waals surface area contributed by atoms with E-state index in [9.17, 15) is 10.1 Å². The molecule has 4 nitrogen and oxygen atoms in total. The van der Waals surface area contributed by atoms with Gasteiger partial charge in [-0.3, -0.25) is 4.79 Å². The minimum Gasteiger partial charge on any atom is -0.486 e. The first-order chi connectivity index (χ1) is 16.4. The van der Waals surface area contributed by atoms with Crippen LogP contribution in [-0.2, 0) is 17.8 Å². The summed E-state index contributed by atoms with van der Waals surface area (Å²) in [5, 5.41) is 13.7. The molecule has 0 heterocycles. The van der Waals surface area contributed by atoms with Crippen molar-refractivity contribution in [1.29, 1.82) is 5.26 Å². The summed E-state index contributed by atoms with van der Waals surface area (Å²) in [6, 6.07) is 20.1. The highest BCUT2D eigenvalue weighted by molar-refractivity contribution is 6.37. The summed E-state index contributed by atoms with van der Waals surface area (Å²) >= 11 is 24.8. The number of hydrogen-bond donors (Lipinski definition) is 1. The number of carbonyl (C=O) groups excluding carboxylic acids is 1. The van der Waals surface area contributed by atoms with Crippen LogP contribution in [-0.4, -0.2) is 12.5 Å². The molecule has 174 valence electrons. The number of hydrogen-bond acceptors (Lipinski definition) is 3. The summed E-state index contributed by atoms with van der Waals surface area (Å²) in [7, 11) is 0. The Morgan fingerprint density at radius 2 is 1.68 bits per heavy atom. The lowest BCUT2D eigenvalue weighted by Crippen LogP contribution is -2.25. The number of nitriles is 1. The van der Waals surface area contributed by atoms with Crippen LogP contribution < -0.4 is 10.1 Å². The molecule has 0 saturated heterocycles. The van der Waals surface area contributed by atoms with Crippen LogP contribution in [0, 0.1) is 11.3 Å². The molecule has 0 saturated carbocycles. The molecule has 0 fully saturated rings. The Labute approximate surface area is 218 Å². The van der Waals surface area contributed by atoms with Gasteiger partial charge in [-0.2, -0.15) is 5.26 Å². The van der Waals surface area contributed by atoms with Crippen molar-refractivity contribution in [3.05, 3.63) is 103 Å². The molecule has 8 heteroatoms. The van der Waals surface area contributed by atoms with Crippen molar-refractivity contribution in [2.75, 3.05) is 6.54 Å². The van der Waals surface area contributed by atoms with Crippen LogP contribution in [0.2, 0.25) is 20.1 Å². The van der Waals surface area contributed by atoms with Crippen LogP contribution in [0.5, 0.6) is 5.75 Å². The lowest BCUT2D eigenvalue weighted by Gasteiger charge is -2.12. The highest BCUT2D eigenvalue weighted by Gasteiger charge is 2.13. The summed E-state index contributed by atoms with van der Waals surface area (Å²) in [4.78, 5) is 12.4. The maximum atomic E-state index is 12.4. The molecule has 0 spiro atoms. The molecule has 0 atom stereocenters. The van der Waals surface area contributed by atoms with E-state index < -0.39 is 5.91 Å². The number of ether oxygens (including phenoxy) is 1. The fourth-order valence-electron chi connectivity index (χ4n) is 3.14. The van der Waals surface area contributed by atoms with E-state index in [-0.39, 0.29) is 28.0 Å². The molecule has 1 amide bonds. The van der Waals surface area contributed by atoms with E-state index in [1.165, 1.54) is 11.6 Å². The van der Waals surface area contributed by atoms with E-state index in [2.05, 4.69) is 5.32 Å². The maximum Gasteiger partial charge on any atom is 0.261 e. The van der Waals surface area contributed by atoms with Crippen molar-refractivity contribution < 1.29 is 9.53 Å². The average molecular weight is 534 g/mol. The Balaban J connectivity index is 1.62. The number of benzene rings is 3. The van der Waals surface area contributed by atoms with Crippen LogP contribution in [0.25, 0.3) is 6.08 Å². The first-order valence-electron chi connectivity index (χ1n) is 10.4. The second kappa shape index (κ2) is 12.7. The van der Waals surface area contributed by atoms with Gasteiger partial charge in [0, 0.05) is 22.2 Å². The van der Waals surface area contributed by atoms with Crippen molar-refractivity contribution in [2.24, 2.45) is 0 Å². The van der Waals surface area contributed by atoms with Gasteiger partial charge in [0.05, 0.1) is 10.0 Å². The average Bonchev–Trinajstić information content (AvgIpc) is 2.81. The second-order valence-electron chi connectivity index (χ2n) is 7.35. The summed E-state index contributed by atoms with van der Waals surface area (Å²) in [6.45, 7) is 0.591. The smallest absolute Gasteiger partial charge is 0.261 e. The zero-order chi connectivity index (χ0) is 24.5. The molecule has 0 unspecified atom stereocenters. The number of rotatable bonds is 9. The third-order valence-corrected chi connectivity index (χ3v) is 6.00. The number of amides is 1. The van der Waals surface area contributed by atoms with E-state index in [1.807, 2.05) is 36.4 Å². The number of halogens is 4. The number of carbonyl (C=O) groups is 1. The standard InChI is InChI=1S/C26H20Cl4N2O2/c27-21-9-8-19(22(28)14-21)16-34-25-23(29)12-18(13-24(25)30)11-20(15-31)26(33)32-10-4-7-17-5-2-1-3-6-17/h1-3,5-6,8-9,11-14H,4,7,10,16H2,(H,32,33)/b20-11-. The van der Waals surface area contributed by atoms with Gasteiger partial charge in [0.1, 0.15) is 18.2 Å². The van der Waals surface area contributed by atoms with E-state index in [0.717, 1.165) is 18.4 Å². The Morgan fingerprint density at radius 1 is 0.971 bits per heavy atom. The Kier molecular flexibility index (Phi) is 9.68. The number of aryl methyl sites for hydroxylation is 1. The molecular formula is C26H20Cl4N2O2. The predicted molar refractivity (Wildman–Crippen MR) is 139 cm³/mol. The summed E-state index contributed by atoms with van der Waals surface area (Å²) in [6.07, 6.45) is 3.03. The zero-order valence-electron chi connectivity index (χ0n) is 18.0. The normalized spacial score (nSPS) is 11.1. The van der Waals surface area contributed by atoms with Crippen LogP contribution >= 0.6 is 46.4 Å². The molecule has 0 aliphatic carbocycles. The van der Waals surface area contributed by atoms with E-state index in [0.29, 0.717) is 22.2 Å². The van der Waals surface area contributed by atoms with Gasteiger partial charge in [-0.05, 0) is 54.3 Å². The third kappa shape index (κ3) is 7.41. The lowest BCUT2D eigenvalue weighted by atomic mass is 10.1. The summed E-state index contributed by atoms with van der Waals surface area (Å²) < 4.78 is 5.75. The van der Waals surface area contributed by atoms with Gasteiger partial charge in [-0.25, -0.2) is 0 Å². The second-order valence-corrected chi connectivity index (χ2v) is 9.01. The molecule has 3 aromatic carbocycles. The molecule has 34 heavy (non-hydrogen) atoms. The molecule has 0 aromatic heterocycles. The number of nitrogens with one attached hydrogen (secondary N) is 1. The SMILES string of the molecule is N#C/C(=C/c1cc(Cl)c(OCc2ccc(Cl)cc2Cl)c(Cl)c1)C(=O)NCCCc1ccccc1. The van der Waals surface area contributed by atoms with Crippen LogP contribution in [0.15, 0.2) is 66.2 Å². The van der Waals surface area contributed by atoms with Crippen molar-refractivity contribution in [2.45, 2.75) is 19.4 Å². The van der Waals surface area contributed by atoms with Gasteiger partial charge < -0.3 is 10.1 Å². The zero-order valence-corrected chi connectivity index (χ0v) is 21.0. The molecule has 1 N–H and O–H groups in total. The molecule has 0 bridgehead atoms. The van der Waals surface area contributed by atoms with Gasteiger partial charge in [-0.1, -0.05) is 82.8 Å². The summed E-state index contributed by atoms with van der Waals surface area (Å²) in [5.41, 5.74) is 2.37. The topological polar surface area (TPSA) is 62.1 Å². The van der Waals surface area contributed by atoms with Crippen LogP contribution in [0.3, 0.4) is 0 Å². The Bertz CT molecular complexity index is 1210. The predicted octanol–water partition coefficient (Wildman–Crippen LogP) is 7.54. The quantitative estimate of drug-likeness (QED) is 0.175. The van der Waals surface area contributed by atoms with Gasteiger partial charge in [-0.15, -0.1) is 0 Å². The third-order valence-electron chi connectivity index (χ3n) is 4.85. The fourth-order valence-corrected chi connectivity index (χ4v) is 4.22. The highest BCUT2D eigenvalue weighted by Crippen LogP contribution is 2.36. The van der Waals surface area contributed by atoms with Crippen molar-refractivity contribution >= 4 is 58.4 Å². The van der Waals surface area contributed by atoms with Crippen LogP contribution in [0.4, 0.5) is 0 Å². The highest BCUT2D eigenvalue weighted by atomic mass is 35.5. The maximum absolute atomic E-state index is 12.4. The minimum absolute atomic E-state index is 0.0477. The van der Waals surface area contributed by atoms with Crippen molar-refractivity contribution in [3.8, 4) is 11.8 Å². The Hall–Kier alpha value is -2.68. The summed E-state index contributed by atoms with van der Waals surface area (Å²) in [5.74, 6) is -0.184. The Morgan fingerprint density at radius 3 is 2.32 bits per heavy atom. The lowest BCUT2D eigenvalue weighted by molar-refractivity contribution is -0.117. The van der Waals surface area contributed by atoms with Crippen molar-refractivity contribution in [1.82, 2.24) is 5.32 Å². The van der Waals surface area contributed by atoms with Gasteiger partial charge in [0.15, 0.2) is 5.75 Å². The first-order valence-corrected chi connectivity index (χ1v) is 11.9. The fraction of sp³-hybridized carbons (Fsp3) is 0.154. The molecular weight excluding hydrogens is 514 g/mol. The van der Waals surface area contributed by atoms with E-state index in [4.69, 9.17) is 51.1 Å². The minimum atomic E-state index is -0.458. The molecule has 3 aromatic rings. The van der Waals surface area contributed by atoms with Gasteiger partial charge in [0.25, 0.3) is 5.91 Å². The molecule has 0 radical (unpaired) electrons.